The van der Waals surface area contributed by atoms with E-state index in [2.05, 4.69) is 24.9 Å². The van der Waals surface area contributed by atoms with Gasteiger partial charge >= 0.3 is 0 Å². The smallest absolute Gasteiger partial charge is 0.115 e. The third-order valence-electron chi connectivity index (χ3n) is 4.56. The summed E-state index contributed by atoms with van der Waals surface area (Å²) in [6.07, 6.45) is 2.37. The van der Waals surface area contributed by atoms with Crippen molar-refractivity contribution in [1.29, 1.82) is 0 Å². The molecule has 1 aliphatic carbocycles. The topological polar surface area (TPSA) is 23.5 Å². The Hall–Kier alpha value is -1.02. The fourth-order valence-electron chi connectivity index (χ4n) is 3.56. The zero-order valence-corrected chi connectivity index (χ0v) is 9.98. The number of likely N-dealkylation sites (N-methyl/N-ethyl adjacent to an activating group) is 1. The fraction of sp³-hybridized carbons (Fsp3) is 0.571. The molecule has 2 aliphatic rings. The lowest BCUT2D eigenvalue weighted by Gasteiger charge is -2.47. The summed E-state index contributed by atoms with van der Waals surface area (Å²) in [6.45, 7) is 3.55. The van der Waals surface area contributed by atoms with E-state index in [1.807, 2.05) is 12.1 Å². The average molecular weight is 217 g/mol. The molecule has 0 radical (unpaired) electrons. The minimum atomic E-state index is 0.420. The molecular weight excluding hydrogens is 198 g/mol. The lowest BCUT2D eigenvalue weighted by molar-refractivity contribution is 0.0991. The van der Waals surface area contributed by atoms with Crippen LogP contribution in [0.15, 0.2) is 18.2 Å². The molecule has 1 heterocycles. The van der Waals surface area contributed by atoms with Gasteiger partial charge in [-0.05, 0) is 61.5 Å². The molecule has 3 rings (SSSR count). The Labute approximate surface area is 96.9 Å². The number of hydrogen-bond donors (Lipinski definition) is 1. The molecule has 2 nitrogen and oxygen atoms in total. The number of rotatable bonds is 0. The van der Waals surface area contributed by atoms with Gasteiger partial charge in [-0.15, -0.1) is 0 Å². The molecule has 0 aromatic heterocycles. The highest BCUT2D eigenvalue weighted by molar-refractivity contribution is 5.41. The van der Waals surface area contributed by atoms with Crippen molar-refractivity contribution in [3.05, 3.63) is 29.3 Å². The number of hydrogen-bond acceptors (Lipinski definition) is 2. The Morgan fingerprint density at radius 2 is 2.19 bits per heavy atom. The van der Waals surface area contributed by atoms with Crippen LogP contribution in [0, 0.1) is 5.92 Å². The van der Waals surface area contributed by atoms with Gasteiger partial charge in [0.05, 0.1) is 0 Å². The molecule has 0 spiro atoms. The molecule has 0 amide bonds. The van der Waals surface area contributed by atoms with E-state index in [0.717, 1.165) is 6.42 Å². The summed E-state index contributed by atoms with van der Waals surface area (Å²) in [7, 11) is 2.24. The van der Waals surface area contributed by atoms with Gasteiger partial charge in [-0.2, -0.15) is 0 Å². The highest BCUT2D eigenvalue weighted by Crippen LogP contribution is 2.44. The summed E-state index contributed by atoms with van der Waals surface area (Å²) in [5.41, 5.74) is 2.84. The minimum absolute atomic E-state index is 0.420. The highest BCUT2D eigenvalue weighted by Gasteiger charge is 2.39. The van der Waals surface area contributed by atoms with Crippen molar-refractivity contribution in [3.8, 4) is 5.75 Å². The van der Waals surface area contributed by atoms with E-state index in [1.165, 1.54) is 24.1 Å². The second-order valence-corrected chi connectivity index (χ2v) is 5.39. The second kappa shape index (κ2) is 3.49. The first-order valence-corrected chi connectivity index (χ1v) is 6.19. The van der Waals surface area contributed by atoms with E-state index in [4.69, 9.17) is 0 Å². The number of phenols is 1. The minimum Gasteiger partial charge on any atom is -0.508 e. The largest absolute Gasteiger partial charge is 0.508 e. The Morgan fingerprint density at radius 1 is 1.38 bits per heavy atom. The summed E-state index contributed by atoms with van der Waals surface area (Å²) in [4.78, 5) is 2.50. The summed E-state index contributed by atoms with van der Waals surface area (Å²) in [5, 5.41) is 9.61. The van der Waals surface area contributed by atoms with Gasteiger partial charge in [-0.25, -0.2) is 0 Å². The third-order valence-corrected chi connectivity index (χ3v) is 4.56. The zero-order chi connectivity index (χ0) is 11.3. The molecule has 2 heteroatoms. The van der Waals surface area contributed by atoms with Crippen molar-refractivity contribution in [1.82, 2.24) is 4.90 Å². The molecule has 1 saturated heterocycles. The molecule has 1 unspecified atom stereocenters. The van der Waals surface area contributed by atoms with Crippen LogP contribution in [-0.2, 0) is 6.42 Å². The van der Waals surface area contributed by atoms with E-state index >= 15 is 0 Å². The molecule has 1 aromatic carbocycles. The van der Waals surface area contributed by atoms with Gasteiger partial charge in [0.1, 0.15) is 5.75 Å². The summed E-state index contributed by atoms with van der Waals surface area (Å²) in [6, 6.07) is 6.61. The van der Waals surface area contributed by atoms with E-state index in [0.29, 0.717) is 23.6 Å². The molecule has 1 fully saturated rings. The molecule has 2 bridgehead atoms. The lowest BCUT2D eigenvalue weighted by Crippen LogP contribution is -2.49. The monoisotopic (exact) mass is 217 g/mol. The number of piperidine rings is 1. The van der Waals surface area contributed by atoms with E-state index < -0.39 is 0 Å². The summed E-state index contributed by atoms with van der Waals surface area (Å²) < 4.78 is 0. The predicted octanol–water partition coefficient (Wildman–Crippen LogP) is 2.37. The molecule has 3 atom stereocenters. The first kappa shape index (κ1) is 10.2. The predicted molar refractivity (Wildman–Crippen MR) is 64.8 cm³/mol. The Morgan fingerprint density at radius 3 is 3.00 bits per heavy atom. The van der Waals surface area contributed by atoms with Crippen molar-refractivity contribution in [3.63, 3.8) is 0 Å². The van der Waals surface area contributed by atoms with Crippen LogP contribution in [0.25, 0.3) is 0 Å². The molecule has 16 heavy (non-hydrogen) atoms. The first-order chi connectivity index (χ1) is 7.66. The van der Waals surface area contributed by atoms with Gasteiger partial charge < -0.3 is 10.0 Å². The summed E-state index contributed by atoms with van der Waals surface area (Å²) in [5.74, 6) is 1.79. The third kappa shape index (κ3) is 1.36. The fourth-order valence-corrected chi connectivity index (χ4v) is 3.56. The number of fused-ring (bicyclic) bond motifs is 4. The Balaban J connectivity index is 2.07. The van der Waals surface area contributed by atoms with Crippen molar-refractivity contribution < 1.29 is 5.11 Å². The first-order valence-electron chi connectivity index (χ1n) is 6.19. The van der Waals surface area contributed by atoms with Gasteiger partial charge in [0.25, 0.3) is 0 Å². The molecule has 1 aliphatic heterocycles. The van der Waals surface area contributed by atoms with Crippen LogP contribution < -0.4 is 0 Å². The van der Waals surface area contributed by atoms with Crippen molar-refractivity contribution >= 4 is 0 Å². The van der Waals surface area contributed by atoms with E-state index in [1.54, 1.807) is 0 Å². The van der Waals surface area contributed by atoms with Crippen LogP contribution in [0.3, 0.4) is 0 Å². The van der Waals surface area contributed by atoms with Crippen LogP contribution in [0.1, 0.15) is 30.4 Å². The molecule has 86 valence electrons. The second-order valence-electron chi connectivity index (χ2n) is 5.39. The maximum Gasteiger partial charge on any atom is 0.115 e. The van der Waals surface area contributed by atoms with Gasteiger partial charge in [0.2, 0.25) is 0 Å². The van der Waals surface area contributed by atoms with Gasteiger partial charge in [-0.3, -0.25) is 0 Å². The molecule has 1 N–H and O–H groups in total. The van der Waals surface area contributed by atoms with Crippen LogP contribution in [-0.4, -0.2) is 29.6 Å². The Kier molecular flexibility index (Phi) is 2.21. The zero-order valence-electron chi connectivity index (χ0n) is 9.98. The number of likely N-dealkylation sites (tertiary alicyclic amines) is 1. The van der Waals surface area contributed by atoms with Crippen molar-refractivity contribution in [2.24, 2.45) is 5.92 Å². The van der Waals surface area contributed by atoms with Crippen LogP contribution in [0.4, 0.5) is 0 Å². The molecule has 0 saturated carbocycles. The van der Waals surface area contributed by atoms with Crippen LogP contribution >= 0.6 is 0 Å². The number of phenolic OH excluding ortho intramolecular Hbond substituents is 1. The van der Waals surface area contributed by atoms with Crippen molar-refractivity contribution in [2.75, 3.05) is 13.6 Å². The lowest BCUT2D eigenvalue weighted by atomic mass is 9.69. The summed E-state index contributed by atoms with van der Waals surface area (Å²) >= 11 is 0. The number of benzene rings is 1. The van der Waals surface area contributed by atoms with E-state index in [-0.39, 0.29) is 0 Å². The normalized spacial score (nSPS) is 33.5. The Bertz CT molecular complexity index is 415. The average Bonchev–Trinajstić information content (AvgIpc) is 2.25. The van der Waals surface area contributed by atoms with Gasteiger partial charge in [0.15, 0.2) is 0 Å². The molecular formula is C14H19NO. The maximum absolute atomic E-state index is 9.61. The number of aromatic hydroxyl groups is 1. The van der Waals surface area contributed by atoms with Crippen LogP contribution in [0.2, 0.25) is 0 Å². The quantitative estimate of drug-likeness (QED) is 0.721. The maximum atomic E-state index is 9.61. The number of nitrogens with zero attached hydrogens (tertiary/aromatic N) is 1. The van der Waals surface area contributed by atoms with E-state index in [9.17, 15) is 5.11 Å². The van der Waals surface area contributed by atoms with Gasteiger partial charge in [-0.1, -0.05) is 13.0 Å². The van der Waals surface area contributed by atoms with Crippen LogP contribution in [0.5, 0.6) is 5.75 Å². The van der Waals surface area contributed by atoms with Crippen molar-refractivity contribution in [2.45, 2.75) is 31.7 Å². The SMILES string of the molecule is C[C@@H]1C2Cc3ccc(O)cc3[C@@H]1CCN2C. The highest BCUT2D eigenvalue weighted by atomic mass is 16.3. The molecule has 1 aromatic rings. The standard InChI is InChI=1S/C14H19NO/c1-9-12-5-6-15(2)14(9)7-10-3-4-11(16)8-13(10)12/h3-4,8-9,12,14,16H,5-7H2,1-2H3/t9-,12+,14?/m0/s1. The van der Waals surface area contributed by atoms with Gasteiger partial charge in [0, 0.05) is 6.04 Å².